The van der Waals surface area contributed by atoms with E-state index in [9.17, 15) is 18.4 Å². The topological polar surface area (TPSA) is 58.6 Å². The van der Waals surface area contributed by atoms with Crippen molar-refractivity contribution in [3.63, 3.8) is 0 Å². The molecular formula is C19H17ClF2N2O3. The molecule has 1 saturated heterocycles. The average molecular weight is 395 g/mol. The number of hydrogen-bond donors (Lipinski definition) is 1. The molecule has 5 nitrogen and oxygen atoms in total. The molecule has 1 N–H and O–H groups in total. The van der Waals surface area contributed by atoms with Crippen molar-refractivity contribution >= 4 is 34.9 Å². The predicted molar refractivity (Wildman–Crippen MR) is 98.2 cm³/mol. The number of halogens is 3. The SMILES string of the molecule is O=C(COC(=O)c1cc(F)c(F)cc1Cl)Nc1ccc(N2CCCC2)cc1. The molecule has 0 bridgehead atoms. The molecule has 0 saturated carbocycles. The van der Waals surface area contributed by atoms with E-state index in [1.54, 1.807) is 12.1 Å². The van der Waals surface area contributed by atoms with Gasteiger partial charge in [-0.1, -0.05) is 11.6 Å². The minimum Gasteiger partial charge on any atom is -0.452 e. The molecule has 1 fully saturated rings. The van der Waals surface area contributed by atoms with Gasteiger partial charge in [-0.05, 0) is 49.2 Å². The van der Waals surface area contributed by atoms with Crippen molar-refractivity contribution in [3.05, 3.63) is 58.6 Å². The second kappa shape index (κ2) is 8.35. The second-order valence-electron chi connectivity index (χ2n) is 6.11. The Morgan fingerprint density at radius 2 is 1.70 bits per heavy atom. The fourth-order valence-electron chi connectivity index (χ4n) is 2.82. The molecule has 27 heavy (non-hydrogen) atoms. The maximum absolute atomic E-state index is 13.2. The standard InChI is InChI=1S/C19H17ClF2N2O3/c20-15-10-17(22)16(21)9-14(15)19(26)27-11-18(25)23-12-3-5-13(6-4-12)24-7-1-2-8-24/h3-6,9-10H,1-2,7-8,11H2,(H,23,25). The molecular weight excluding hydrogens is 378 g/mol. The summed E-state index contributed by atoms with van der Waals surface area (Å²) in [6.07, 6.45) is 2.34. The number of ether oxygens (including phenoxy) is 1. The first-order valence-corrected chi connectivity index (χ1v) is 8.78. The van der Waals surface area contributed by atoms with Gasteiger partial charge in [-0.15, -0.1) is 0 Å². The minimum absolute atomic E-state index is 0.295. The van der Waals surface area contributed by atoms with E-state index in [1.165, 1.54) is 12.8 Å². The fraction of sp³-hybridized carbons (Fsp3) is 0.263. The van der Waals surface area contributed by atoms with Crippen LogP contribution in [0.5, 0.6) is 0 Å². The zero-order chi connectivity index (χ0) is 19.4. The Morgan fingerprint density at radius 3 is 2.37 bits per heavy atom. The summed E-state index contributed by atoms with van der Waals surface area (Å²) in [6.45, 7) is 1.46. The summed E-state index contributed by atoms with van der Waals surface area (Å²) in [5.41, 5.74) is 1.30. The lowest BCUT2D eigenvalue weighted by atomic mass is 10.2. The van der Waals surface area contributed by atoms with Gasteiger partial charge >= 0.3 is 5.97 Å². The Hall–Kier alpha value is -2.67. The summed E-state index contributed by atoms with van der Waals surface area (Å²) in [7, 11) is 0. The van der Waals surface area contributed by atoms with E-state index in [2.05, 4.69) is 10.2 Å². The summed E-state index contributed by atoms with van der Waals surface area (Å²) in [4.78, 5) is 26.1. The molecule has 2 aromatic rings. The van der Waals surface area contributed by atoms with Gasteiger partial charge in [-0.25, -0.2) is 13.6 Å². The first-order valence-electron chi connectivity index (χ1n) is 8.40. The molecule has 1 heterocycles. The fourth-order valence-corrected chi connectivity index (χ4v) is 3.04. The summed E-state index contributed by atoms with van der Waals surface area (Å²) in [5, 5.41) is 2.31. The van der Waals surface area contributed by atoms with Crippen LogP contribution in [0, 0.1) is 11.6 Å². The van der Waals surface area contributed by atoms with Crippen LogP contribution < -0.4 is 10.2 Å². The summed E-state index contributed by atoms with van der Waals surface area (Å²) < 4.78 is 31.1. The van der Waals surface area contributed by atoms with Crippen molar-refractivity contribution in [1.29, 1.82) is 0 Å². The van der Waals surface area contributed by atoms with Crippen molar-refractivity contribution < 1.29 is 23.1 Å². The summed E-state index contributed by atoms with van der Waals surface area (Å²) >= 11 is 5.70. The van der Waals surface area contributed by atoms with Crippen molar-refractivity contribution in [2.45, 2.75) is 12.8 Å². The molecule has 142 valence electrons. The van der Waals surface area contributed by atoms with E-state index in [0.29, 0.717) is 17.8 Å². The number of carbonyl (C=O) groups is 2. The largest absolute Gasteiger partial charge is 0.452 e. The lowest BCUT2D eigenvalue weighted by Crippen LogP contribution is -2.21. The number of hydrogen-bond acceptors (Lipinski definition) is 4. The first-order chi connectivity index (χ1) is 12.9. The molecule has 0 radical (unpaired) electrons. The molecule has 0 atom stereocenters. The monoisotopic (exact) mass is 394 g/mol. The van der Waals surface area contributed by atoms with E-state index in [0.717, 1.165) is 18.8 Å². The van der Waals surface area contributed by atoms with Crippen LogP contribution >= 0.6 is 11.6 Å². The maximum atomic E-state index is 13.2. The third kappa shape index (κ3) is 4.74. The first kappa shape index (κ1) is 19.1. The van der Waals surface area contributed by atoms with Crippen molar-refractivity contribution in [2.75, 3.05) is 29.9 Å². The molecule has 1 aliphatic heterocycles. The Kier molecular flexibility index (Phi) is 5.91. The van der Waals surface area contributed by atoms with Crippen LogP contribution in [-0.4, -0.2) is 31.6 Å². The highest BCUT2D eigenvalue weighted by atomic mass is 35.5. The molecule has 8 heteroatoms. The summed E-state index contributed by atoms with van der Waals surface area (Å²) in [6, 6.07) is 8.66. The second-order valence-corrected chi connectivity index (χ2v) is 6.52. The van der Waals surface area contributed by atoms with E-state index in [-0.39, 0.29) is 10.6 Å². The molecule has 0 spiro atoms. The van der Waals surface area contributed by atoms with Crippen LogP contribution in [0.15, 0.2) is 36.4 Å². The number of anilines is 2. The highest BCUT2D eigenvalue weighted by Gasteiger charge is 2.18. The van der Waals surface area contributed by atoms with Gasteiger partial charge in [0.2, 0.25) is 0 Å². The zero-order valence-corrected chi connectivity index (χ0v) is 15.1. The van der Waals surface area contributed by atoms with Crippen LogP contribution in [0.2, 0.25) is 5.02 Å². The predicted octanol–water partition coefficient (Wildman–Crippen LogP) is 4.01. The molecule has 1 aliphatic rings. The van der Waals surface area contributed by atoms with E-state index >= 15 is 0 Å². The van der Waals surface area contributed by atoms with Crippen LogP contribution in [-0.2, 0) is 9.53 Å². The molecule has 1 amide bonds. The molecule has 2 aromatic carbocycles. The lowest BCUT2D eigenvalue weighted by Gasteiger charge is -2.17. The van der Waals surface area contributed by atoms with Gasteiger partial charge in [0.1, 0.15) is 0 Å². The summed E-state index contributed by atoms with van der Waals surface area (Å²) in [5.74, 6) is -3.98. The minimum atomic E-state index is -1.23. The van der Waals surface area contributed by atoms with Gasteiger partial charge < -0.3 is 15.0 Å². The molecule has 0 aliphatic carbocycles. The Labute approximate surface area is 159 Å². The third-order valence-electron chi connectivity index (χ3n) is 4.19. The normalized spacial score (nSPS) is 13.5. The van der Waals surface area contributed by atoms with E-state index < -0.39 is 30.1 Å². The lowest BCUT2D eigenvalue weighted by molar-refractivity contribution is -0.119. The average Bonchev–Trinajstić information content (AvgIpc) is 3.18. The van der Waals surface area contributed by atoms with E-state index in [4.69, 9.17) is 16.3 Å². The Bertz CT molecular complexity index is 853. The van der Waals surface area contributed by atoms with Crippen molar-refractivity contribution in [1.82, 2.24) is 0 Å². The smallest absolute Gasteiger partial charge is 0.340 e. The van der Waals surface area contributed by atoms with Gasteiger partial charge in [0.15, 0.2) is 18.2 Å². The van der Waals surface area contributed by atoms with E-state index in [1.807, 2.05) is 12.1 Å². The number of amides is 1. The van der Waals surface area contributed by atoms with Crippen LogP contribution in [0.3, 0.4) is 0 Å². The third-order valence-corrected chi connectivity index (χ3v) is 4.50. The highest BCUT2D eigenvalue weighted by molar-refractivity contribution is 6.33. The zero-order valence-electron chi connectivity index (χ0n) is 14.3. The molecule has 0 aromatic heterocycles. The van der Waals surface area contributed by atoms with Gasteiger partial charge in [-0.2, -0.15) is 0 Å². The van der Waals surface area contributed by atoms with Crippen LogP contribution in [0.25, 0.3) is 0 Å². The van der Waals surface area contributed by atoms with Gasteiger partial charge in [0.05, 0.1) is 10.6 Å². The van der Waals surface area contributed by atoms with Crippen molar-refractivity contribution in [2.24, 2.45) is 0 Å². The van der Waals surface area contributed by atoms with Crippen LogP contribution in [0.4, 0.5) is 20.2 Å². The highest BCUT2D eigenvalue weighted by Crippen LogP contribution is 2.22. The number of rotatable bonds is 5. The van der Waals surface area contributed by atoms with Crippen LogP contribution in [0.1, 0.15) is 23.2 Å². The van der Waals surface area contributed by atoms with Crippen molar-refractivity contribution in [3.8, 4) is 0 Å². The number of esters is 1. The number of nitrogens with one attached hydrogen (secondary N) is 1. The maximum Gasteiger partial charge on any atom is 0.340 e. The quantitative estimate of drug-likeness (QED) is 0.615. The van der Waals surface area contributed by atoms with Gasteiger partial charge in [-0.3, -0.25) is 4.79 Å². The van der Waals surface area contributed by atoms with Gasteiger partial charge in [0, 0.05) is 24.5 Å². The number of carbonyl (C=O) groups excluding carboxylic acids is 2. The number of nitrogens with zero attached hydrogens (tertiary/aromatic N) is 1. The molecule has 0 unspecified atom stereocenters. The molecule has 3 rings (SSSR count). The number of benzene rings is 2. The Morgan fingerprint density at radius 1 is 1.07 bits per heavy atom. The Balaban J connectivity index is 1.53. The van der Waals surface area contributed by atoms with Gasteiger partial charge in [0.25, 0.3) is 5.91 Å².